The van der Waals surface area contributed by atoms with Gasteiger partial charge in [0.05, 0.1) is 13.3 Å². The van der Waals surface area contributed by atoms with Crippen LogP contribution in [-0.2, 0) is 4.74 Å². The number of hydrogen-bond acceptors (Lipinski definition) is 2. The van der Waals surface area contributed by atoms with Gasteiger partial charge in [0.1, 0.15) is 0 Å². The molecule has 0 radical (unpaired) electrons. The van der Waals surface area contributed by atoms with Crippen LogP contribution in [0.5, 0.6) is 0 Å². The lowest BCUT2D eigenvalue weighted by Crippen LogP contribution is -2.30. The molecule has 0 aromatic carbocycles. The third-order valence-electron chi connectivity index (χ3n) is 1.67. The zero-order valence-corrected chi connectivity index (χ0v) is 6.11. The Morgan fingerprint density at radius 1 is 1.60 bits per heavy atom. The fourth-order valence-corrected chi connectivity index (χ4v) is 1.07. The van der Waals surface area contributed by atoms with Crippen LogP contribution in [0.15, 0.2) is 0 Å². The molecule has 0 aromatic rings. The van der Waals surface area contributed by atoms with E-state index in [4.69, 9.17) is 4.74 Å². The van der Waals surface area contributed by atoms with Gasteiger partial charge in [-0.3, -0.25) is 4.39 Å². The Kier molecular flexibility index (Phi) is 3.68. The van der Waals surface area contributed by atoms with Crippen molar-refractivity contribution in [3.63, 3.8) is 0 Å². The van der Waals surface area contributed by atoms with Crippen molar-refractivity contribution in [2.45, 2.75) is 18.9 Å². The summed E-state index contributed by atoms with van der Waals surface area (Å²) in [6.45, 7) is 2.21. The summed E-state index contributed by atoms with van der Waals surface area (Å²) < 4.78 is 16.7. The molecule has 1 unspecified atom stereocenters. The van der Waals surface area contributed by atoms with Crippen LogP contribution in [0.1, 0.15) is 12.8 Å². The molecule has 0 spiro atoms. The average Bonchev–Trinajstić information content (AvgIpc) is 2.41. The van der Waals surface area contributed by atoms with Gasteiger partial charge in [-0.25, -0.2) is 0 Å². The van der Waals surface area contributed by atoms with Crippen LogP contribution in [0.3, 0.4) is 0 Å². The number of halogens is 1. The molecule has 0 aliphatic carbocycles. The zero-order valence-electron chi connectivity index (χ0n) is 6.11. The van der Waals surface area contributed by atoms with Gasteiger partial charge in [0, 0.05) is 12.6 Å². The fourth-order valence-electron chi connectivity index (χ4n) is 1.07. The van der Waals surface area contributed by atoms with Crippen LogP contribution in [0.2, 0.25) is 0 Å². The van der Waals surface area contributed by atoms with Crippen molar-refractivity contribution in [1.82, 2.24) is 5.32 Å². The first kappa shape index (κ1) is 7.95. The maximum atomic E-state index is 11.6. The molecule has 3 heteroatoms. The number of rotatable bonds is 4. The van der Waals surface area contributed by atoms with Gasteiger partial charge in [-0.1, -0.05) is 0 Å². The molecule has 1 rings (SSSR count). The van der Waals surface area contributed by atoms with Crippen molar-refractivity contribution < 1.29 is 9.13 Å². The Hall–Kier alpha value is -0.150. The molecule has 60 valence electrons. The van der Waals surface area contributed by atoms with Gasteiger partial charge in [0.25, 0.3) is 0 Å². The summed E-state index contributed by atoms with van der Waals surface area (Å²) >= 11 is 0. The van der Waals surface area contributed by atoms with E-state index in [-0.39, 0.29) is 6.67 Å². The minimum atomic E-state index is -0.222. The molecule has 0 amide bonds. The predicted molar refractivity (Wildman–Crippen MR) is 37.8 cm³/mol. The summed E-state index contributed by atoms with van der Waals surface area (Å²) in [7, 11) is 0. The smallest absolute Gasteiger partial charge is 0.0906 e. The van der Waals surface area contributed by atoms with Crippen molar-refractivity contribution in [3.05, 3.63) is 0 Å². The summed E-state index contributed by atoms with van der Waals surface area (Å²) in [6, 6.07) is 0.478. The highest BCUT2D eigenvalue weighted by Crippen LogP contribution is 2.02. The lowest BCUT2D eigenvalue weighted by Gasteiger charge is -2.07. The Labute approximate surface area is 60.8 Å². The van der Waals surface area contributed by atoms with Gasteiger partial charge in [-0.2, -0.15) is 0 Å². The van der Waals surface area contributed by atoms with E-state index in [2.05, 4.69) is 5.32 Å². The van der Waals surface area contributed by atoms with Crippen molar-refractivity contribution in [2.75, 3.05) is 26.4 Å². The Morgan fingerprint density at radius 2 is 2.50 bits per heavy atom. The topological polar surface area (TPSA) is 21.3 Å². The molecule has 1 saturated heterocycles. The molecular formula is C7H14FNO. The molecule has 1 aliphatic heterocycles. The third-order valence-corrected chi connectivity index (χ3v) is 1.67. The highest BCUT2D eigenvalue weighted by Gasteiger charge is 2.13. The standard InChI is InChI=1S/C7H14FNO/c8-3-1-4-9-7-2-5-10-6-7/h7,9H,1-6H2. The summed E-state index contributed by atoms with van der Waals surface area (Å²) in [5.74, 6) is 0. The SMILES string of the molecule is FCCCNC1CCOC1. The van der Waals surface area contributed by atoms with E-state index < -0.39 is 0 Å². The maximum Gasteiger partial charge on any atom is 0.0906 e. The van der Waals surface area contributed by atoms with Gasteiger partial charge in [0.15, 0.2) is 0 Å². The van der Waals surface area contributed by atoms with Gasteiger partial charge >= 0.3 is 0 Å². The predicted octanol–water partition coefficient (Wildman–Crippen LogP) is 0.724. The van der Waals surface area contributed by atoms with E-state index in [1.165, 1.54) is 0 Å². The van der Waals surface area contributed by atoms with E-state index in [1.807, 2.05) is 0 Å². The summed E-state index contributed by atoms with van der Waals surface area (Å²) in [4.78, 5) is 0. The first-order chi connectivity index (χ1) is 4.93. The first-order valence-corrected chi connectivity index (χ1v) is 3.80. The molecule has 2 nitrogen and oxygen atoms in total. The number of ether oxygens (including phenoxy) is 1. The quantitative estimate of drug-likeness (QED) is 0.592. The number of hydrogen-bond donors (Lipinski definition) is 1. The third kappa shape index (κ3) is 2.62. The van der Waals surface area contributed by atoms with Crippen LogP contribution in [0, 0.1) is 0 Å². The molecule has 0 aromatic heterocycles. The number of alkyl halides is 1. The Morgan fingerprint density at radius 3 is 3.10 bits per heavy atom. The molecular weight excluding hydrogens is 133 g/mol. The van der Waals surface area contributed by atoms with E-state index >= 15 is 0 Å². The fraction of sp³-hybridized carbons (Fsp3) is 1.00. The summed E-state index contributed by atoms with van der Waals surface area (Å²) in [5, 5.41) is 3.22. The van der Waals surface area contributed by atoms with Crippen molar-refractivity contribution in [1.29, 1.82) is 0 Å². The van der Waals surface area contributed by atoms with Gasteiger partial charge < -0.3 is 10.1 Å². The summed E-state index contributed by atoms with van der Waals surface area (Å²) in [6.07, 6.45) is 1.70. The molecule has 1 fully saturated rings. The second kappa shape index (κ2) is 4.63. The lowest BCUT2D eigenvalue weighted by molar-refractivity contribution is 0.190. The van der Waals surface area contributed by atoms with Crippen LogP contribution >= 0.6 is 0 Å². The molecule has 1 aliphatic rings. The van der Waals surface area contributed by atoms with Gasteiger partial charge in [-0.05, 0) is 19.4 Å². The second-order valence-corrected chi connectivity index (χ2v) is 2.56. The Balaban J connectivity index is 1.91. The Bertz CT molecular complexity index is 83.7. The van der Waals surface area contributed by atoms with Crippen molar-refractivity contribution in [2.24, 2.45) is 0 Å². The lowest BCUT2D eigenvalue weighted by atomic mass is 10.2. The molecule has 0 bridgehead atoms. The highest BCUT2D eigenvalue weighted by molar-refractivity contribution is 4.70. The minimum Gasteiger partial charge on any atom is -0.380 e. The van der Waals surface area contributed by atoms with Crippen LogP contribution in [-0.4, -0.2) is 32.5 Å². The maximum absolute atomic E-state index is 11.6. The number of nitrogens with one attached hydrogen (secondary N) is 1. The normalized spacial score (nSPS) is 25.5. The molecule has 0 saturated carbocycles. The molecule has 10 heavy (non-hydrogen) atoms. The molecule has 1 heterocycles. The van der Waals surface area contributed by atoms with Gasteiger partial charge in [-0.15, -0.1) is 0 Å². The zero-order chi connectivity index (χ0) is 7.23. The molecule has 1 atom stereocenters. The second-order valence-electron chi connectivity index (χ2n) is 2.56. The monoisotopic (exact) mass is 147 g/mol. The van der Waals surface area contributed by atoms with E-state index in [9.17, 15) is 4.39 Å². The first-order valence-electron chi connectivity index (χ1n) is 3.80. The minimum absolute atomic E-state index is 0.222. The van der Waals surface area contributed by atoms with Crippen LogP contribution in [0.25, 0.3) is 0 Å². The van der Waals surface area contributed by atoms with E-state index in [1.54, 1.807) is 0 Å². The highest BCUT2D eigenvalue weighted by atomic mass is 19.1. The largest absolute Gasteiger partial charge is 0.380 e. The van der Waals surface area contributed by atoms with Gasteiger partial charge in [0.2, 0.25) is 0 Å². The van der Waals surface area contributed by atoms with E-state index in [0.717, 1.165) is 26.2 Å². The molecule has 1 N–H and O–H groups in total. The van der Waals surface area contributed by atoms with E-state index in [0.29, 0.717) is 12.5 Å². The van der Waals surface area contributed by atoms with Crippen molar-refractivity contribution in [3.8, 4) is 0 Å². The van der Waals surface area contributed by atoms with Crippen molar-refractivity contribution >= 4 is 0 Å². The average molecular weight is 147 g/mol. The van der Waals surface area contributed by atoms with Crippen LogP contribution in [0.4, 0.5) is 4.39 Å². The summed E-state index contributed by atoms with van der Waals surface area (Å²) in [5.41, 5.74) is 0. The van der Waals surface area contributed by atoms with Crippen LogP contribution < -0.4 is 5.32 Å².